The first-order valence-electron chi connectivity index (χ1n) is 13.3. The topological polar surface area (TPSA) is 86.2 Å². The van der Waals surface area contributed by atoms with E-state index >= 15 is 0 Å². The number of hydrogen-bond acceptors (Lipinski definition) is 6. The van der Waals surface area contributed by atoms with Crippen LogP contribution in [0.15, 0.2) is 114 Å². The molecule has 0 fully saturated rings. The van der Waals surface area contributed by atoms with Gasteiger partial charge in [0.15, 0.2) is 0 Å². The number of fused-ring (bicyclic) bond motifs is 1. The summed E-state index contributed by atoms with van der Waals surface area (Å²) in [5.74, 6) is 0.401. The molecule has 5 rings (SSSR count). The number of nitrogens with one attached hydrogen (secondary N) is 1. The first-order chi connectivity index (χ1) is 20.5. The number of carbonyl (C=O) groups excluding carboxylic acids is 2. The fourth-order valence-corrected chi connectivity index (χ4v) is 4.37. The Kier molecular flexibility index (Phi) is 9.11. The Hall–Kier alpha value is -5.14. The van der Waals surface area contributed by atoms with Crippen LogP contribution in [-0.2, 0) is 6.61 Å². The number of hydrazone groups is 1. The van der Waals surface area contributed by atoms with Gasteiger partial charge in [0.05, 0.1) is 23.9 Å². The van der Waals surface area contributed by atoms with E-state index in [4.69, 9.17) is 25.8 Å². The van der Waals surface area contributed by atoms with Gasteiger partial charge in [0.1, 0.15) is 23.9 Å². The molecule has 0 aliphatic carbocycles. The Morgan fingerprint density at radius 2 is 1.55 bits per heavy atom. The van der Waals surface area contributed by atoms with Crippen molar-refractivity contribution in [1.29, 1.82) is 0 Å². The lowest BCUT2D eigenvalue weighted by Crippen LogP contribution is -2.19. The minimum Gasteiger partial charge on any atom is -0.494 e. The molecule has 0 saturated heterocycles. The zero-order chi connectivity index (χ0) is 29.3. The quantitative estimate of drug-likeness (QED) is 0.0804. The number of ether oxygens (including phenoxy) is 3. The van der Waals surface area contributed by atoms with Gasteiger partial charge in [-0.25, -0.2) is 10.2 Å². The van der Waals surface area contributed by atoms with Crippen LogP contribution in [0, 0.1) is 0 Å². The second-order valence-corrected chi connectivity index (χ2v) is 9.59. The molecule has 0 saturated carbocycles. The lowest BCUT2D eigenvalue weighted by molar-refractivity contribution is 0.0734. The third kappa shape index (κ3) is 6.95. The number of halogens is 1. The van der Waals surface area contributed by atoms with Crippen LogP contribution in [0.1, 0.15) is 38.8 Å². The summed E-state index contributed by atoms with van der Waals surface area (Å²) in [6.07, 6.45) is 1.47. The number of benzene rings is 5. The van der Waals surface area contributed by atoms with Crippen LogP contribution in [0.5, 0.6) is 17.2 Å². The number of rotatable bonds is 10. The van der Waals surface area contributed by atoms with Crippen molar-refractivity contribution in [2.75, 3.05) is 6.61 Å². The lowest BCUT2D eigenvalue weighted by Gasteiger charge is -2.12. The van der Waals surface area contributed by atoms with E-state index in [-0.39, 0.29) is 6.61 Å². The molecule has 1 N–H and O–H groups in total. The summed E-state index contributed by atoms with van der Waals surface area (Å²) in [4.78, 5) is 26.0. The molecule has 0 heterocycles. The van der Waals surface area contributed by atoms with Crippen LogP contribution < -0.4 is 19.6 Å². The van der Waals surface area contributed by atoms with E-state index in [1.54, 1.807) is 66.7 Å². The number of nitrogens with zero attached hydrogens (tertiary/aromatic N) is 1. The minimum atomic E-state index is -0.529. The molecular weight excluding hydrogens is 552 g/mol. The molecule has 0 aromatic heterocycles. The van der Waals surface area contributed by atoms with E-state index in [2.05, 4.69) is 10.5 Å². The Bertz CT molecular complexity index is 1730. The van der Waals surface area contributed by atoms with Crippen LogP contribution >= 0.6 is 11.6 Å². The zero-order valence-electron chi connectivity index (χ0n) is 22.8. The normalized spacial score (nSPS) is 10.9. The van der Waals surface area contributed by atoms with Gasteiger partial charge in [-0.2, -0.15) is 5.10 Å². The lowest BCUT2D eigenvalue weighted by atomic mass is 10.0. The van der Waals surface area contributed by atoms with E-state index in [0.29, 0.717) is 45.6 Å². The Balaban J connectivity index is 1.34. The van der Waals surface area contributed by atoms with Gasteiger partial charge < -0.3 is 14.2 Å². The summed E-state index contributed by atoms with van der Waals surface area (Å²) in [7, 11) is 0. The van der Waals surface area contributed by atoms with E-state index in [9.17, 15) is 9.59 Å². The largest absolute Gasteiger partial charge is 0.494 e. The van der Waals surface area contributed by atoms with Gasteiger partial charge in [-0.15, -0.1) is 0 Å². The number of para-hydroxylation sites is 1. The Morgan fingerprint density at radius 3 is 2.33 bits per heavy atom. The number of amides is 1. The fourth-order valence-electron chi connectivity index (χ4n) is 4.25. The van der Waals surface area contributed by atoms with Crippen LogP contribution in [-0.4, -0.2) is 24.7 Å². The molecule has 1 amide bonds. The molecule has 5 aromatic carbocycles. The van der Waals surface area contributed by atoms with Gasteiger partial charge in [-0.1, -0.05) is 66.2 Å². The molecule has 0 aliphatic heterocycles. The number of esters is 1. The molecule has 7 nitrogen and oxygen atoms in total. The Morgan fingerprint density at radius 1 is 0.810 bits per heavy atom. The van der Waals surface area contributed by atoms with Gasteiger partial charge in [-0.05, 0) is 77.9 Å². The van der Waals surface area contributed by atoms with Crippen LogP contribution in [0.4, 0.5) is 0 Å². The van der Waals surface area contributed by atoms with E-state index in [0.717, 1.165) is 16.3 Å². The highest BCUT2D eigenvalue weighted by Gasteiger charge is 2.15. The fraction of sp³-hybridized carbons (Fsp3) is 0.0882. The minimum absolute atomic E-state index is 0.268. The molecule has 5 aromatic rings. The first-order valence-corrected chi connectivity index (χ1v) is 13.7. The highest BCUT2D eigenvalue weighted by Crippen LogP contribution is 2.28. The van der Waals surface area contributed by atoms with Crippen molar-refractivity contribution in [3.05, 3.63) is 136 Å². The molecule has 42 heavy (non-hydrogen) atoms. The van der Waals surface area contributed by atoms with Crippen LogP contribution in [0.3, 0.4) is 0 Å². The molecule has 8 heteroatoms. The molecule has 0 unspecified atom stereocenters. The maximum atomic E-state index is 13.1. The average Bonchev–Trinajstić information content (AvgIpc) is 3.02. The van der Waals surface area contributed by atoms with Crippen molar-refractivity contribution in [1.82, 2.24) is 5.43 Å². The molecule has 0 aliphatic rings. The van der Waals surface area contributed by atoms with Crippen molar-refractivity contribution in [3.63, 3.8) is 0 Å². The predicted octanol–water partition coefficient (Wildman–Crippen LogP) is 7.45. The van der Waals surface area contributed by atoms with Crippen molar-refractivity contribution in [3.8, 4) is 17.2 Å². The SMILES string of the molecule is CCOc1ccc(C(=O)Oc2ccc3ccccc3c2C=NNC(=O)c2ccccc2OCc2ccc(Cl)cc2)cc1. The van der Waals surface area contributed by atoms with E-state index in [1.165, 1.54) is 6.21 Å². The summed E-state index contributed by atoms with van der Waals surface area (Å²) in [6.45, 7) is 2.69. The summed E-state index contributed by atoms with van der Waals surface area (Å²) in [5, 5.41) is 6.57. The molecule has 210 valence electrons. The first kappa shape index (κ1) is 28.4. The van der Waals surface area contributed by atoms with Gasteiger partial charge >= 0.3 is 5.97 Å². The van der Waals surface area contributed by atoms with Gasteiger partial charge in [0.25, 0.3) is 5.91 Å². The summed E-state index contributed by atoms with van der Waals surface area (Å²) >= 11 is 5.96. The van der Waals surface area contributed by atoms with Crippen molar-refractivity contribution >= 4 is 40.5 Å². The van der Waals surface area contributed by atoms with Crippen LogP contribution in [0.2, 0.25) is 5.02 Å². The third-order valence-electron chi connectivity index (χ3n) is 6.33. The second kappa shape index (κ2) is 13.5. The zero-order valence-corrected chi connectivity index (χ0v) is 23.5. The maximum absolute atomic E-state index is 13.1. The van der Waals surface area contributed by atoms with Gasteiger partial charge in [0, 0.05) is 10.6 Å². The Labute approximate surface area is 248 Å². The van der Waals surface area contributed by atoms with Crippen molar-refractivity contribution in [2.24, 2.45) is 5.10 Å². The highest BCUT2D eigenvalue weighted by molar-refractivity contribution is 6.30. The monoisotopic (exact) mass is 578 g/mol. The number of hydrogen-bond donors (Lipinski definition) is 1. The highest BCUT2D eigenvalue weighted by atomic mass is 35.5. The van der Waals surface area contributed by atoms with Crippen molar-refractivity contribution in [2.45, 2.75) is 13.5 Å². The third-order valence-corrected chi connectivity index (χ3v) is 6.59. The van der Waals surface area contributed by atoms with Crippen LogP contribution in [0.25, 0.3) is 10.8 Å². The van der Waals surface area contributed by atoms with Gasteiger partial charge in [0.2, 0.25) is 0 Å². The molecule has 0 atom stereocenters. The van der Waals surface area contributed by atoms with Crippen molar-refractivity contribution < 1.29 is 23.8 Å². The number of carbonyl (C=O) groups is 2. The van der Waals surface area contributed by atoms with E-state index in [1.807, 2.05) is 49.4 Å². The summed E-state index contributed by atoms with van der Waals surface area (Å²) in [6, 6.07) is 32.1. The molecule has 0 spiro atoms. The molecule has 0 bridgehead atoms. The standard InChI is InChI=1S/C34H27ClN2O5/c1-2-40-27-18-13-25(14-19-27)34(39)42-32-20-15-24-7-3-4-8-28(24)30(32)21-36-37-33(38)29-9-5-6-10-31(29)41-22-23-11-16-26(35)17-12-23/h3-21H,2,22H2,1H3,(H,37,38). The second-order valence-electron chi connectivity index (χ2n) is 9.16. The molecular formula is C34H27ClN2O5. The summed E-state index contributed by atoms with van der Waals surface area (Å²) < 4.78 is 17.1. The smallest absolute Gasteiger partial charge is 0.343 e. The predicted molar refractivity (Wildman–Crippen MR) is 164 cm³/mol. The maximum Gasteiger partial charge on any atom is 0.343 e. The average molecular weight is 579 g/mol. The van der Waals surface area contributed by atoms with Gasteiger partial charge in [-0.3, -0.25) is 4.79 Å². The summed E-state index contributed by atoms with van der Waals surface area (Å²) in [5.41, 5.74) is 4.72. The molecule has 0 radical (unpaired) electrons. The van der Waals surface area contributed by atoms with E-state index < -0.39 is 11.9 Å².